The third-order valence-electron chi connectivity index (χ3n) is 17.6. The molecule has 0 radical (unpaired) electrons. The monoisotopic (exact) mass is 1120 g/mol. The van der Waals surface area contributed by atoms with Crippen LogP contribution in [0.2, 0.25) is 0 Å². The zero-order chi connectivity index (χ0) is 52.8. The average Bonchev–Trinajstić information content (AvgIpc) is 3.48. The van der Waals surface area contributed by atoms with Gasteiger partial charge in [0.1, 0.15) is 45.2 Å². The summed E-state index contributed by atoms with van der Waals surface area (Å²) in [6.07, 6.45) is 4.53. The third-order valence-corrected chi connectivity index (χ3v) is 22.2. The molecule has 0 aromatic rings. The first-order valence-electron chi connectivity index (χ1n) is 25.1. The first-order valence-corrected chi connectivity index (χ1v) is 28.6. The Hall–Kier alpha value is -1.84. The Morgan fingerprint density at radius 3 is 1.89 bits per heavy atom. The number of carbonyl (C=O) groups is 3. The molecule has 6 bridgehead atoms. The van der Waals surface area contributed by atoms with Crippen molar-refractivity contribution >= 4 is 51.5 Å². The second-order valence-corrected chi connectivity index (χ2v) is 27.1. The molecule has 3 saturated heterocycles. The van der Waals surface area contributed by atoms with Crippen molar-refractivity contribution in [3.63, 3.8) is 0 Å². The normalized spacial score (nSPS) is 41.1. The fourth-order valence-electron chi connectivity index (χ4n) is 14.0. The lowest BCUT2D eigenvalue weighted by Crippen LogP contribution is -2.56. The van der Waals surface area contributed by atoms with Crippen LogP contribution >= 0.6 is 23.5 Å². The molecule has 3 aliphatic heterocycles. The van der Waals surface area contributed by atoms with E-state index in [0.29, 0.717) is 70.6 Å². The van der Waals surface area contributed by atoms with Crippen LogP contribution in [0.25, 0.3) is 0 Å². The van der Waals surface area contributed by atoms with Gasteiger partial charge in [-0.1, -0.05) is 26.2 Å². The van der Waals surface area contributed by atoms with Gasteiger partial charge in [-0.2, -0.15) is 52.3 Å². The first kappa shape index (κ1) is 55.9. The fourth-order valence-corrected chi connectivity index (χ4v) is 17.7. The summed E-state index contributed by atoms with van der Waals surface area (Å²) in [5.41, 5.74) is -3.64. The summed E-state index contributed by atoms with van der Waals surface area (Å²) in [5.74, 6) is -26.2. The van der Waals surface area contributed by atoms with E-state index in [1.807, 2.05) is 0 Å². The molecular weight excluding hydrogens is 1060 g/mol. The molecule has 416 valence electrons. The maximum atomic E-state index is 14.5. The highest BCUT2D eigenvalue weighted by molar-refractivity contribution is 8.17. The Morgan fingerprint density at radius 1 is 0.685 bits per heavy atom. The molecule has 9 aliphatic rings. The van der Waals surface area contributed by atoms with E-state index in [9.17, 15) is 66.7 Å². The van der Waals surface area contributed by atoms with Crippen LogP contribution in [-0.2, 0) is 57.7 Å². The summed E-state index contributed by atoms with van der Waals surface area (Å²) in [6.45, 7) is -5.16. The Kier molecular flexibility index (Phi) is 15.2. The average molecular weight is 1120 g/mol. The van der Waals surface area contributed by atoms with Crippen LogP contribution in [0.3, 0.4) is 0 Å². The SMILES string of the molecule is CC1CC2CC(C(=O)OCC3(COC(=O)C45CCCC(CC(C6OCC(F)(F)C(F)(F)CO6)C4)C5)CSC(C4CC5CCCC(OC(=O)C(F)(F)S(=O)(=O)O)(C5)C4)SC3)CC(C2)C12OCC(F)(F)C(F)(F)CO2. The predicted molar refractivity (Wildman–Crippen MR) is 238 cm³/mol. The van der Waals surface area contributed by atoms with E-state index in [1.54, 1.807) is 6.92 Å². The molecule has 0 aromatic carbocycles. The molecule has 3 heterocycles. The molecular formula is C47H62F10O13S3. The van der Waals surface area contributed by atoms with Crippen molar-refractivity contribution in [2.24, 2.45) is 58.2 Å². The van der Waals surface area contributed by atoms with E-state index in [4.69, 9.17) is 37.7 Å². The highest BCUT2D eigenvalue weighted by Gasteiger charge is 2.66. The quantitative estimate of drug-likeness (QED) is 0.0898. The smallest absolute Gasteiger partial charge is 0.465 e. The first-order chi connectivity index (χ1) is 33.9. The molecule has 10 atom stereocenters. The molecule has 9 fully saturated rings. The molecule has 73 heavy (non-hydrogen) atoms. The molecule has 6 saturated carbocycles. The van der Waals surface area contributed by atoms with Crippen LogP contribution in [-0.4, -0.2) is 133 Å². The third kappa shape index (κ3) is 10.7. The zero-order valence-corrected chi connectivity index (χ0v) is 42.5. The minimum absolute atomic E-state index is 0.0320. The van der Waals surface area contributed by atoms with E-state index in [-0.39, 0.29) is 85.1 Å². The highest BCUT2D eigenvalue weighted by atomic mass is 32.2. The van der Waals surface area contributed by atoms with Crippen molar-refractivity contribution < 1.29 is 104 Å². The van der Waals surface area contributed by atoms with Crippen molar-refractivity contribution in [1.29, 1.82) is 0 Å². The van der Waals surface area contributed by atoms with Crippen molar-refractivity contribution in [1.82, 2.24) is 0 Å². The second kappa shape index (κ2) is 19.8. The van der Waals surface area contributed by atoms with Gasteiger partial charge in [-0.15, -0.1) is 23.5 Å². The number of halogens is 10. The number of thioether (sulfide) groups is 2. The summed E-state index contributed by atoms with van der Waals surface area (Å²) >= 11 is 2.86. The van der Waals surface area contributed by atoms with E-state index in [1.165, 1.54) is 23.5 Å². The fraction of sp³-hybridized carbons (Fsp3) is 0.936. The molecule has 0 amide bonds. The molecule has 9 rings (SSSR count). The number of hydrogen-bond acceptors (Lipinski definition) is 14. The van der Waals surface area contributed by atoms with Crippen LogP contribution < -0.4 is 0 Å². The molecule has 1 N–H and O–H groups in total. The largest absolute Gasteiger partial charge is 0.465 e. The lowest BCUT2D eigenvalue weighted by molar-refractivity contribution is -0.315. The summed E-state index contributed by atoms with van der Waals surface area (Å²) in [7, 11) is -6.12. The predicted octanol–water partition coefficient (Wildman–Crippen LogP) is 9.54. The Balaban J connectivity index is 0.911. The minimum Gasteiger partial charge on any atom is -0.465 e. The number of rotatable bonds is 11. The Morgan fingerprint density at radius 2 is 1.26 bits per heavy atom. The van der Waals surface area contributed by atoms with Gasteiger partial charge in [-0.05, 0) is 107 Å². The zero-order valence-electron chi connectivity index (χ0n) is 40.1. The summed E-state index contributed by atoms with van der Waals surface area (Å²) in [4.78, 5) is 41.4. The van der Waals surface area contributed by atoms with Crippen molar-refractivity contribution in [3.05, 3.63) is 0 Å². The number of fused-ring (bicyclic) bond motifs is 7. The van der Waals surface area contributed by atoms with Gasteiger partial charge in [-0.3, -0.25) is 14.1 Å². The van der Waals surface area contributed by atoms with Crippen LogP contribution in [0.15, 0.2) is 0 Å². The summed E-state index contributed by atoms with van der Waals surface area (Å²) < 4.78 is 215. The van der Waals surface area contributed by atoms with Gasteiger partial charge in [0.15, 0.2) is 12.1 Å². The second-order valence-electron chi connectivity index (χ2n) is 23.1. The van der Waals surface area contributed by atoms with Crippen molar-refractivity contribution in [3.8, 4) is 0 Å². The Labute approximate surface area is 424 Å². The Bertz CT molecular complexity index is 2170. The minimum atomic E-state index is -6.12. The summed E-state index contributed by atoms with van der Waals surface area (Å²) in [5, 5.41) is -5.18. The van der Waals surface area contributed by atoms with Gasteiger partial charge >= 0.3 is 57.0 Å². The topological polar surface area (TPSA) is 170 Å². The standard InChI is InChI=1S/C47H62F10O13S3/c1-26-8-29-11-30(13-33(12-29)46(26)68-22-44(52,53)45(54,55)23-69-46)34(58)64-18-39(19-67-37(59)40-6-2-4-27(14-40)9-31(16-40)35-65-20-42(48,49)43(50,51)21-66-35)24-71-36(72-25-39)32-10-28-5-3-7-41(15-28,17-32)70-38(60)47(56,57)73(61,62)63/h26-33,35-36H,2-25H2,1H3,(H,61,62,63). The van der Waals surface area contributed by atoms with Gasteiger partial charge in [-0.25, -0.2) is 4.79 Å². The van der Waals surface area contributed by atoms with E-state index >= 15 is 0 Å². The van der Waals surface area contributed by atoms with Gasteiger partial charge in [0, 0.05) is 29.3 Å². The van der Waals surface area contributed by atoms with Crippen molar-refractivity contribution in [2.75, 3.05) is 51.1 Å². The lowest BCUT2D eigenvalue weighted by Gasteiger charge is -2.53. The maximum Gasteiger partial charge on any atom is 0.465 e. The van der Waals surface area contributed by atoms with Gasteiger partial charge in [0.05, 0.1) is 21.3 Å². The number of hydrogen-bond donors (Lipinski definition) is 1. The maximum absolute atomic E-state index is 14.5. The molecule has 13 nitrogen and oxygen atoms in total. The molecule has 1 spiro atoms. The number of ether oxygens (including phenoxy) is 7. The van der Waals surface area contributed by atoms with Crippen LogP contribution in [0.5, 0.6) is 0 Å². The lowest BCUT2D eigenvalue weighted by atomic mass is 9.58. The van der Waals surface area contributed by atoms with Crippen LogP contribution in [0.4, 0.5) is 43.9 Å². The molecule has 10 unspecified atom stereocenters. The molecule has 0 aromatic heterocycles. The van der Waals surface area contributed by atoms with Crippen LogP contribution in [0.1, 0.15) is 110 Å². The van der Waals surface area contributed by atoms with E-state index in [0.717, 1.165) is 0 Å². The summed E-state index contributed by atoms with van der Waals surface area (Å²) in [6, 6.07) is 0. The number of alkyl halides is 10. The van der Waals surface area contributed by atoms with Crippen LogP contribution in [0, 0.1) is 58.2 Å². The van der Waals surface area contributed by atoms with E-state index < -0.39 is 136 Å². The number of carbonyl (C=O) groups excluding carboxylic acids is 3. The van der Waals surface area contributed by atoms with Gasteiger partial charge in [0.2, 0.25) is 0 Å². The van der Waals surface area contributed by atoms with Crippen molar-refractivity contribution in [2.45, 2.75) is 161 Å². The van der Waals surface area contributed by atoms with E-state index in [2.05, 4.69) is 0 Å². The highest BCUT2D eigenvalue weighted by Crippen LogP contribution is 2.58. The van der Waals surface area contributed by atoms with Gasteiger partial charge < -0.3 is 33.2 Å². The molecule has 6 aliphatic carbocycles. The molecule has 26 heteroatoms. The number of esters is 3. The van der Waals surface area contributed by atoms with Gasteiger partial charge in [0.25, 0.3) is 0 Å².